The molecule has 0 spiro atoms. The molecule has 0 aromatic heterocycles. The van der Waals surface area contributed by atoms with Crippen LogP contribution in [0.2, 0.25) is 0 Å². The maximum absolute atomic E-state index is 14.4. The largest absolute Gasteiger partial charge is 0.268 e. The fourth-order valence-electron chi connectivity index (χ4n) is 7.21. The van der Waals surface area contributed by atoms with Crippen molar-refractivity contribution in [2.45, 2.75) is 39.5 Å². The molecular weight excluding hydrogens is 502 g/mol. The van der Waals surface area contributed by atoms with E-state index in [1.807, 2.05) is 30.3 Å². The van der Waals surface area contributed by atoms with Crippen molar-refractivity contribution in [3.05, 3.63) is 113 Å². The molecule has 0 bridgehead atoms. The van der Waals surface area contributed by atoms with Crippen molar-refractivity contribution in [3.8, 4) is 0 Å². The summed E-state index contributed by atoms with van der Waals surface area (Å²) in [4.78, 5) is 30.3. The molecule has 3 heteroatoms. The molecule has 0 atom stereocenters. The van der Waals surface area contributed by atoms with Gasteiger partial charge in [0.1, 0.15) is 0 Å². The Bertz CT molecular complexity index is 2210. The number of amides is 2. The molecule has 1 aliphatic rings. The number of nitrogens with zero attached hydrogens (tertiary/aromatic N) is 1. The lowest BCUT2D eigenvalue weighted by atomic mass is 9.83. The summed E-state index contributed by atoms with van der Waals surface area (Å²) in [6.07, 6.45) is 0. The average molecular weight is 532 g/mol. The lowest BCUT2D eigenvalue weighted by molar-refractivity contribution is 0.0893. The summed E-state index contributed by atoms with van der Waals surface area (Å²) in [6.45, 7) is 8.46. The molecular formula is C38H29NO2. The normalized spacial score (nSPS) is 13.9. The van der Waals surface area contributed by atoms with Crippen LogP contribution in [0.5, 0.6) is 0 Å². The second-order valence-corrected chi connectivity index (χ2v) is 12.0. The van der Waals surface area contributed by atoms with Crippen molar-refractivity contribution >= 4 is 71.4 Å². The number of rotatable bonds is 3. The van der Waals surface area contributed by atoms with Gasteiger partial charge in [-0.05, 0) is 89.6 Å². The van der Waals surface area contributed by atoms with Crippen LogP contribution >= 0.6 is 0 Å². The number of imide groups is 1. The van der Waals surface area contributed by atoms with Gasteiger partial charge >= 0.3 is 0 Å². The van der Waals surface area contributed by atoms with Crippen molar-refractivity contribution in [2.24, 2.45) is 0 Å². The first-order valence-corrected chi connectivity index (χ1v) is 14.4. The van der Waals surface area contributed by atoms with Crippen LogP contribution in [0.3, 0.4) is 0 Å². The predicted molar refractivity (Wildman–Crippen MR) is 171 cm³/mol. The van der Waals surface area contributed by atoms with Crippen LogP contribution < -0.4 is 4.90 Å². The summed E-state index contributed by atoms with van der Waals surface area (Å²) in [6, 6.07) is 31.4. The van der Waals surface area contributed by atoms with Crippen LogP contribution in [-0.4, -0.2) is 11.8 Å². The number of fused-ring (bicyclic) bond motifs is 4. The van der Waals surface area contributed by atoms with Gasteiger partial charge in [0.25, 0.3) is 11.8 Å². The van der Waals surface area contributed by atoms with Gasteiger partial charge < -0.3 is 0 Å². The van der Waals surface area contributed by atoms with E-state index in [9.17, 15) is 9.59 Å². The van der Waals surface area contributed by atoms with Crippen LogP contribution in [0.15, 0.2) is 91.0 Å². The molecule has 0 aliphatic carbocycles. The number of carbonyl (C=O) groups is 2. The minimum atomic E-state index is -0.247. The van der Waals surface area contributed by atoms with Gasteiger partial charge in [-0.1, -0.05) is 100 Å². The maximum Gasteiger partial charge on any atom is 0.266 e. The van der Waals surface area contributed by atoms with Gasteiger partial charge in [0.05, 0.1) is 5.69 Å². The highest BCUT2D eigenvalue weighted by Gasteiger charge is 2.37. The molecule has 1 heterocycles. The highest BCUT2D eigenvalue weighted by molar-refractivity contribution is 6.43. The smallest absolute Gasteiger partial charge is 0.266 e. The second-order valence-electron chi connectivity index (χ2n) is 12.0. The van der Waals surface area contributed by atoms with E-state index >= 15 is 0 Å². The molecule has 3 nitrogen and oxygen atoms in total. The number of para-hydroxylation sites is 1. The molecule has 0 N–H and O–H groups in total. The average Bonchev–Trinajstić information content (AvgIpc) is 2.98. The minimum absolute atomic E-state index is 0.160. The third kappa shape index (κ3) is 3.09. The van der Waals surface area contributed by atoms with Crippen molar-refractivity contribution in [1.82, 2.24) is 0 Å². The number of anilines is 1. The standard InChI is InChI=1S/C38H29NO2/c1-20(2)23-11-7-12-24(21(3)4)36(23)39-37(40)30-17-15-28-27-14-8-13-26-25-10-6-5-9-22(25)19-32(33(26)27)29-16-18-31(38(39)41)35(30)34(28)29/h5-21H,1-4H3. The highest BCUT2D eigenvalue weighted by atomic mass is 16.2. The number of carbonyl (C=O) groups excluding carboxylic acids is 2. The molecule has 41 heavy (non-hydrogen) atoms. The molecule has 0 unspecified atom stereocenters. The van der Waals surface area contributed by atoms with Crippen LogP contribution in [0.1, 0.15) is 71.4 Å². The van der Waals surface area contributed by atoms with E-state index in [0.29, 0.717) is 11.1 Å². The van der Waals surface area contributed by atoms with Crippen LogP contribution in [0, 0.1) is 0 Å². The Balaban J connectivity index is 1.48. The Hall–Kier alpha value is -4.76. The Kier molecular flexibility index (Phi) is 4.92. The molecule has 7 aromatic carbocycles. The zero-order chi connectivity index (χ0) is 28.2. The number of hydrogen-bond acceptors (Lipinski definition) is 2. The van der Waals surface area contributed by atoms with Crippen LogP contribution in [0.4, 0.5) is 5.69 Å². The summed E-state index contributed by atoms with van der Waals surface area (Å²) in [7, 11) is 0. The number of hydrogen-bond donors (Lipinski definition) is 0. The third-order valence-electron chi connectivity index (χ3n) is 9.06. The fourth-order valence-corrected chi connectivity index (χ4v) is 7.21. The summed E-state index contributed by atoms with van der Waals surface area (Å²) >= 11 is 0. The van der Waals surface area contributed by atoms with Gasteiger partial charge in [-0.3, -0.25) is 9.59 Å². The SMILES string of the molecule is CC(C)c1cccc(C(C)C)c1N1C(=O)c2ccc3c4cccc5c6ccccc6cc(c6ccc(c2c36)C1=O)c54. The first kappa shape index (κ1) is 24.1. The lowest BCUT2D eigenvalue weighted by Gasteiger charge is -2.32. The first-order valence-electron chi connectivity index (χ1n) is 14.4. The molecule has 0 fully saturated rings. The van der Waals surface area contributed by atoms with E-state index in [-0.39, 0.29) is 23.7 Å². The predicted octanol–water partition coefficient (Wildman–Crippen LogP) is 9.94. The van der Waals surface area contributed by atoms with Crippen molar-refractivity contribution in [3.63, 3.8) is 0 Å². The second kappa shape index (κ2) is 8.37. The van der Waals surface area contributed by atoms with E-state index in [1.54, 1.807) is 0 Å². The highest BCUT2D eigenvalue weighted by Crippen LogP contribution is 2.47. The zero-order valence-corrected chi connectivity index (χ0v) is 23.6. The molecule has 7 aromatic rings. The summed E-state index contributed by atoms with van der Waals surface area (Å²) in [5.41, 5.74) is 3.95. The van der Waals surface area contributed by atoms with E-state index in [2.05, 4.69) is 88.4 Å². The van der Waals surface area contributed by atoms with Gasteiger partial charge in [0.2, 0.25) is 0 Å². The Morgan fingerprint density at radius 2 is 1.00 bits per heavy atom. The Morgan fingerprint density at radius 3 is 1.63 bits per heavy atom. The first-order chi connectivity index (χ1) is 19.9. The summed E-state index contributed by atoms with van der Waals surface area (Å²) < 4.78 is 0. The maximum atomic E-state index is 14.4. The van der Waals surface area contributed by atoms with Gasteiger partial charge in [0.15, 0.2) is 0 Å². The quantitative estimate of drug-likeness (QED) is 0.129. The molecule has 198 valence electrons. The van der Waals surface area contributed by atoms with Gasteiger partial charge in [0, 0.05) is 16.5 Å². The van der Waals surface area contributed by atoms with E-state index in [0.717, 1.165) is 49.1 Å². The summed E-state index contributed by atoms with van der Waals surface area (Å²) in [5.74, 6) is -0.173. The van der Waals surface area contributed by atoms with Crippen molar-refractivity contribution in [1.29, 1.82) is 0 Å². The van der Waals surface area contributed by atoms with E-state index < -0.39 is 0 Å². The van der Waals surface area contributed by atoms with Crippen molar-refractivity contribution < 1.29 is 9.59 Å². The van der Waals surface area contributed by atoms with Gasteiger partial charge in [-0.15, -0.1) is 0 Å². The van der Waals surface area contributed by atoms with E-state index in [4.69, 9.17) is 0 Å². The monoisotopic (exact) mass is 531 g/mol. The number of benzene rings is 7. The zero-order valence-electron chi connectivity index (χ0n) is 23.6. The minimum Gasteiger partial charge on any atom is -0.268 e. The molecule has 8 rings (SSSR count). The molecule has 2 amide bonds. The Labute approximate surface area is 238 Å². The van der Waals surface area contributed by atoms with Crippen LogP contribution in [-0.2, 0) is 0 Å². The van der Waals surface area contributed by atoms with Crippen LogP contribution in [0.25, 0.3) is 53.9 Å². The molecule has 0 radical (unpaired) electrons. The lowest BCUT2D eigenvalue weighted by Crippen LogP contribution is -2.41. The van der Waals surface area contributed by atoms with E-state index in [1.165, 1.54) is 26.4 Å². The fraction of sp³-hybridized carbons (Fsp3) is 0.158. The third-order valence-corrected chi connectivity index (χ3v) is 9.06. The molecule has 0 saturated heterocycles. The Morgan fingerprint density at radius 1 is 0.488 bits per heavy atom. The molecule has 1 aliphatic heterocycles. The summed E-state index contributed by atoms with van der Waals surface area (Å²) in [5, 5.41) is 11.1. The molecule has 0 saturated carbocycles. The van der Waals surface area contributed by atoms with Gasteiger partial charge in [-0.25, -0.2) is 4.90 Å². The van der Waals surface area contributed by atoms with Gasteiger partial charge in [-0.2, -0.15) is 0 Å². The topological polar surface area (TPSA) is 37.4 Å². The van der Waals surface area contributed by atoms with Crippen molar-refractivity contribution in [2.75, 3.05) is 4.90 Å².